The van der Waals surface area contributed by atoms with Crippen LogP contribution >= 0.6 is 0 Å². The number of terminal acetylenes is 1. The summed E-state index contributed by atoms with van der Waals surface area (Å²) in [6.07, 6.45) is 10.1. The molecule has 0 aliphatic heterocycles. The summed E-state index contributed by atoms with van der Waals surface area (Å²) in [5.41, 5.74) is 7.89. The van der Waals surface area contributed by atoms with Crippen LogP contribution in [0.25, 0.3) is 11.4 Å². The highest BCUT2D eigenvalue weighted by Crippen LogP contribution is 2.31. The minimum atomic E-state index is -0.126. The van der Waals surface area contributed by atoms with Crippen LogP contribution in [0.1, 0.15) is 39.9 Å². The second-order valence-electron chi connectivity index (χ2n) is 6.18. The third-order valence-electron chi connectivity index (χ3n) is 3.35. The maximum atomic E-state index is 6.31. The first-order chi connectivity index (χ1) is 9.90. The van der Waals surface area contributed by atoms with Crippen LogP contribution in [0.3, 0.4) is 0 Å². The predicted molar refractivity (Wildman–Crippen MR) is 85.7 cm³/mol. The van der Waals surface area contributed by atoms with Crippen molar-refractivity contribution in [2.75, 3.05) is 5.73 Å². The van der Waals surface area contributed by atoms with E-state index in [0.29, 0.717) is 12.4 Å². The number of rotatable bonds is 4. The zero-order valence-electron chi connectivity index (χ0n) is 13.2. The van der Waals surface area contributed by atoms with E-state index in [0.717, 1.165) is 30.2 Å². The third kappa shape index (κ3) is 2.80. The van der Waals surface area contributed by atoms with Gasteiger partial charge >= 0.3 is 0 Å². The fourth-order valence-electron chi connectivity index (χ4n) is 2.41. The van der Waals surface area contributed by atoms with Crippen LogP contribution < -0.4 is 5.73 Å². The Labute approximate surface area is 126 Å². The van der Waals surface area contributed by atoms with Crippen molar-refractivity contribution in [1.82, 2.24) is 19.1 Å². The van der Waals surface area contributed by atoms with Crippen LogP contribution in [0.5, 0.6) is 0 Å². The van der Waals surface area contributed by atoms with Gasteiger partial charge in [-0.05, 0) is 6.42 Å². The van der Waals surface area contributed by atoms with Gasteiger partial charge < -0.3 is 14.9 Å². The van der Waals surface area contributed by atoms with Gasteiger partial charge in [-0.3, -0.25) is 0 Å². The number of aromatic nitrogens is 4. The van der Waals surface area contributed by atoms with Crippen molar-refractivity contribution in [2.45, 2.75) is 52.6 Å². The molecule has 0 bridgehead atoms. The number of nitrogens with zero attached hydrogens (tertiary/aromatic N) is 4. The Balaban J connectivity index is 2.60. The van der Waals surface area contributed by atoms with Gasteiger partial charge in [0.1, 0.15) is 17.3 Å². The number of nitrogen functional groups attached to an aromatic ring is 1. The van der Waals surface area contributed by atoms with E-state index in [4.69, 9.17) is 17.1 Å². The predicted octanol–water partition coefficient (Wildman–Crippen LogP) is 2.67. The molecule has 0 amide bonds. The molecule has 2 heterocycles. The maximum absolute atomic E-state index is 6.31. The molecule has 0 saturated carbocycles. The lowest BCUT2D eigenvalue weighted by Gasteiger charge is -2.18. The highest BCUT2D eigenvalue weighted by molar-refractivity contribution is 5.68. The molecule has 0 unspecified atom stereocenters. The van der Waals surface area contributed by atoms with Crippen molar-refractivity contribution < 1.29 is 0 Å². The number of nitrogens with two attached hydrogens (primary N) is 1. The second kappa shape index (κ2) is 5.65. The van der Waals surface area contributed by atoms with E-state index in [2.05, 4.69) is 43.2 Å². The van der Waals surface area contributed by atoms with Crippen LogP contribution in [0, 0.1) is 12.3 Å². The van der Waals surface area contributed by atoms with Crippen LogP contribution in [-0.2, 0) is 18.5 Å². The zero-order valence-corrected chi connectivity index (χ0v) is 13.2. The van der Waals surface area contributed by atoms with Gasteiger partial charge in [0, 0.05) is 12.0 Å². The maximum Gasteiger partial charge on any atom is 0.134 e. The molecule has 0 spiro atoms. The first-order valence-electron chi connectivity index (χ1n) is 7.20. The first-order valence-corrected chi connectivity index (χ1v) is 7.20. The normalized spacial score (nSPS) is 11.6. The van der Waals surface area contributed by atoms with E-state index in [1.807, 2.05) is 10.9 Å². The molecule has 21 heavy (non-hydrogen) atoms. The minimum absolute atomic E-state index is 0.126. The van der Waals surface area contributed by atoms with Gasteiger partial charge in [-0.15, -0.1) is 6.42 Å². The fourth-order valence-corrected chi connectivity index (χ4v) is 2.41. The summed E-state index contributed by atoms with van der Waals surface area (Å²) < 4.78 is 3.99. The largest absolute Gasteiger partial charge is 0.383 e. The fraction of sp³-hybridized carbons (Fsp3) is 0.500. The van der Waals surface area contributed by atoms with Gasteiger partial charge in [-0.25, -0.2) is 9.97 Å². The molecule has 0 saturated heterocycles. The molecule has 112 valence electrons. The van der Waals surface area contributed by atoms with Crippen molar-refractivity contribution in [1.29, 1.82) is 0 Å². The summed E-state index contributed by atoms with van der Waals surface area (Å²) in [6, 6.07) is 0. The summed E-state index contributed by atoms with van der Waals surface area (Å²) in [4.78, 5) is 8.99. The SMILES string of the molecule is C#CCn1c(C(C)(C)C)nc(-c2cncn2CCC)c1N. The van der Waals surface area contributed by atoms with Gasteiger partial charge in [0.25, 0.3) is 0 Å². The molecule has 2 aromatic rings. The third-order valence-corrected chi connectivity index (χ3v) is 3.35. The lowest BCUT2D eigenvalue weighted by molar-refractivity contribution is 0.517. The minimum Gasteiger partial charge on any atom is -0.383 e. The summed E-state index contributed by atoms with van der Waals surface area (Å²) in [5, 5.41) is 0. The highest BCUT2D eigenvalue weighted by atomic mass is 15.2. The van der Waals surface area contributed by atoms with Crippen molar-refractivity contribution in [3.8, 4) is 23.7 Å². The molecule has 2 aromatic heterocycles. The molecule has 0 radical (unpaired) electrons. The Morgan fingerprint density at radius 1 is 1.38 bits per heavy atom. The average molecular weight is 285 g/mol. The Bertz CT molecular complexity index is 664. The molecule has 5 heteroatoms. The van der Waals surface area contributed by atoms with E-state index >= 15 is 0 Å². The summed E-state index contributed by atoms with van der Waals surface area (Å²) in [7, 11) is 0. The van der Waals surface area contributed by atoms with E-state index in [1.165, 1.54) is 0 Å². The van der Waals surface area contributed by atoms with E-state index in [-0.39, 0.29) is 5.41 Å². The van der Waals surface area contributed by atoms with Crippen LogP contribution in [0.4, 0.5) is 5.82 Å². The molecule has 5 nitrogen and oxygen atoms in total. The van der Waals surface area contributed by atoms with E-state index in [1.54, 1.807) is 6.20 Å². The summed E-state index contributed by atoms with van der Waals surface area (Å²) in [6.45, 7) is 9.76. The second-order valence-corrected chi connectivity index (χ2v) is 6.18. The average Bonchev–Trinajstić information content (AvgIpc) is 2.96. The molecule has 2 N–H and O–H groups in total. The number of anilines is 1. The molecule has 0 aliphatic rings. The lowest BCUT2D eigenvalue weighted by Crippen LogP contribution is -2.19. The number of hydrogen-bond acceptors (Lipinski definition) is 3. The molecule has 0 atom stereocenters. The van der Waals surface area contributed by atoms with Crippen LogP contribution in [0.2, 0.25) is 0 Å². The standard InChI is InChI=1S/C16H23N5/c1-6-8-20-11-18-10-12(20)13-14(17)21(9-7-2)15(19-13)16(3,4)5/h2,10-11H,6,8-9,17H2,1,3-5H3. The zero-order chi connectivity index (χ0) is 15.6. The smallest absolute Gasteiger partial charge is 0.134 e. The highest BCUT2D eigenvalue weighted by Gasteiger charge is 2.26. The van der Waals surface area contributed by atoms with Crippen molar-refractivity contribution in [3.63, 3.8) is 0 Å². The Kier molecular flexibility index (Phi) is 4.08. The lowest BCUT2D eigenvalue weighted by atomic mass is 9.95. The Morgan fingerprint density at radius 2 is 2.10 bits per heavy atom. The summed E-state index contributed by atoms with van der Waals surface area (Å²) in [5.74, 6) is 4.16. The van der Waals surface area contributed by atoms with Crippen LogP contribution in [0.15, 0.2) is 12.5 Å². The van der Waals surface area contributed by atoms with Gasteiger partial charge in [0.2, 0.25) is 0 Å². The van der Waals surface area contributed by atoms with Crippen molar-refractivity contribution in [2.24, 2.45) is 0 Å². The Hall–Kier alpha value is -2.22. The number of hydrogen-bond donors (Lipinski definition) is 1. The van der Waals surface area contributed by atoms with E-state index < -0.39 is 0 Å². The first kappa shape index (κ1) is 15.2. The quantitative estimate of drug-likeness (QED) is 0.878. The Morgan fingerprint density at radius 3 is 2.67 bits per heavy atom. The molecule has 0 aliphatic carbocycles. The van der Waals surface area contributed by atoms with Crippen molar-refractivity contribution >= 4 is 5.82 Å². The number of imidazole rings is 2. The molecular formula is C16H23N5. The van der Waals surface area contributed by atoms with Gasteiger partial charge in [0.05, 0.1) is 24.8 Å². The number of aryl methyl sites for hydroxylation is 1. The van der Waals surface area contributed by atoms with Gasteiger partial charge in [0.15, 0.2) is 0 Å². The van der Waals surface area contributed by atoms with Gasteiger partial charge in [-0.1, -0.05) is 33.6 Å². The molecule has 2 rings (SSSR count). The molecular weight excluding hydrogens is 262 g/mol. The monoisotopic (exact) mass is 285 g/mol. The van der Waals surface area contributed by atoms with Crippen LogP contribution in [-0.4, -0.2) is 19.1 Å². The topological polar surface area (TPSA) is 61.7 Å². The van der Waals surface area contributed by atoms with Gasteiger partial charge in [-0.2, -0.15) is 0 Å². The van der Waals surface area contributed by atoms with E-state index in [9.17, 15) is 0 Å². The summed E-state index contributed by atoms with van der Waals surface area (Å²) >= 11 is 0. The van der Waals surface area contributed by atoms with Crippen molar-refractivity contribution in [3.05, 3.63) is 18.3 Å². The molecule has 0 fully saturated rings. The molecule has 0 aromatic carbocycles.